The standard InChI is InChI=1S/C12H14BrNO3/c13-9-6-10(8-4-2-1-3-5-8)12(15)11(7-9)14(16)17/h6-8,15H,1-5H2. The highest BCUT2D eigenvalue weighted by Crippen LogP contribution is 2.42. The number of aromatic hydroxyl groups is 1. The smallest absolute Gasteiger partial charge is 0.312 e. The van der Waals surface area contributed by atoms with Crippen LogP contribution >= 0.6 is 15.9 Å². The van der Waals surface area contributed by atoms with Crippen LogP contribution < -0.4 is 0 Å². The normalized spacial score (nSPS) is 17.0. The van der Waals surface area contributed by atoms with Crippen molar-refractivity contribution in [3.05, 3.63) is 32.3 Å². The largest absolute Gasteiger partial charge is 0.502 e. The molecule has 1 aliphatic rings. The Morgan fingerprint density at radius 2 is 1.94 bits per heavy atom. The first kappa shape index (κ1) is 12.4. The summed E-state index contributed by atoms with van der Waals surface area (Å²) in [6.07, 6.45) is 5.48. The van der Waals surface area contributed by atoms with E-state index in [0.29, 0.717) is 10.0 Å². The zero-order valence-electron chi connectivity index (χ0n) is 9.36. The Morgan fingerprint density at radius 3 is 2.53 bits per heavy atom. The van der Waals surface area contributed by atoms with Crippen LogP contribution in [0.3, 0.4) is 0 Å². The highest BCUT2D eigenvalue weighted by Gasteiger charge is 2.25. The molecule has 0 amide bonds. The van der Waals surface area contributed by atoms with E-state index >= 15 is 0 Å². The lowest BCUT2D eigenvalue weighted by Gasteiger charge is -2.22. The number of halogens is 1. The highest BCUT2D eigenvalue weighted by atomic mass is 79.9. The molecule has 1 aromatic rings. The predicted octanol–water partition coefficient (Wildman–Crippen LogP) is 4.11. The summed E-state index contributed by atoms with van der Waals surface area (Å²) in [6.45, 7) is 0. The number of phenolic OH excluding ortho intramolecular Hbond substituents is 1. The van der Waals surface area contributed by atoms with Crippen LogP contribution in [0.25, 0.3) is 0 Å². The van der Waals surface area contributed by atoms with Crippen LogP contribution in [-0.2, 0) is 0 Å². The Hall–Kier alpha value is -1.10. The molecule has 2 rings (SSSR count). The zero-order valence-corrected chi connectivity index (χ0v) is 10.9. The lowest BCUT2D eigenvalue weighted by Crippen LogP contribution is -2.05. The lowest BCUT2D eigenvalue weighted by molar-refractivity contribution is -0.386. The molecule has 5 heteroatoms. The van der Waals surface area contributed by atoms with E-state index in [-0.39, 0.29) is 17.4 Å². The third kappa shape index (κ3) is 2.60. The molecule has 0 bridgehead atoms. The van der Waals surface area contributed by atoms with Gasteiger partial charge < -0.3 is 5.11 Å². The molecule has 0 atom stereocenters. The number of phenols is 1. The lowest BCUT2D eigenvalue weighted by atomic mass is 9.83. The average Bonchev–Trinajstić information content (AvgIpc) is 2.32. The van der Waals surface area contributed by atoms with Gasteiger partial charge in [0.25, 0.3) is 0 Å². The first-order valence-corrected chi connectivity index (χ1v) is 6.55. The quantitative estimate of drug-likeness (QED) is 0.660. The fourth-order valence-electron chi connectivity index (χ4n) is 2.47. The minimum Gasteiger partial charge on any atom is -0.502 e. The fraction of sp³-hybridized carbons (Fsp3) is 0.500. The molecular weight excluding hydrogens is 286 g/mol. The number of benzene rings is 1. The highest BCUT2D eigenvalue weighted by molar-refractivity contribution is 9.10. The second-order valence-electron chi connectivity index (χ2n) is 4.45. The molecule has 0 radical (unpaired) electrons. The molecule has 17 heavy (non-hydrogen) atoms. The van der Waals surface area contributed by atoms with E-state index in [9.17, 15) is 15.2 Å². The number of hydrogen-bond acceptors (Lipinski definition) is 3. The minimum atomic E-state index is -0.535. The SMILES string of the molecule is O=[N+]([O-])c1cc(Br)cc(C2CCCCC2)c1O. The first-order chi connectivity index (χ1) is 8.09. The van der Waals surface area contributed by atoms with Gasteiger partial charge in [-0.25, -0.2) is 0 Å². The molecule has 92 valence electrons. The summed E-state index contributed by atoms with van der Waals surface area (Å²) < 4.78 is 0.655. The molecule has 0 heterocycles. The Labute approximate surface area is 108 Å². The number of nitrogens with zero attached hydrogens (tertiary/aromatic N) is 1. The van der Waals surface area contributed by atoms with Gasteiger partial charge in [0, 0.05) is 16.1 Å². The second-order valence-corrected chi connectivity index (χ2v) is 5.37. The number of rotatable bonds is 2. The molecule has 1 N–H and O–H groups in total. The molecule has 4 nitrogen and oxygen atoms in total. The molecule has 0 aromatic heterocycles. The van der Waals surface area contributed by atoms with Crippen molar-refractivity contribution in [3.8, 4) is 5.75 Å². The van der Waals surface area contributed by atoms with Gasteiger partial charge in [0.15, 0.2) is 5.75 Å². The average molecular weight is 300 g/mol. The van der Waals surface area contributed by atoms with Gasteiger partial charge >= 0.3 is 5.69 Å². The van der Waals surface area contributed by atoms with Gasteiger partial charge in [0.05, 0.1) is 4.92 Å². The molecular formula is C12H14BrNO3. The number of nitro groups is 1. The number of nitro benzene ring substituents is 1. The van der Waals surface area contributed by atoms with Gasteiger partial charge in [-0.2, -0.15) is 0 Å². The summed E-state index contributed by atoms with van der Waals surface area (Å²) in [4.78, 5) is 10.3. The van der Waals surface area contributed by atoms with Crippen molar-refractivity contribution in [2.75, 3.05) is 0 Å². The Balaban J connectivity index is 2.41. The van der Waals surface area contributed by atoms with Crippen LogP contribution in [0.1, 0.15) is 43.6 Å². The molecule has 0 aliphatic heterocycles. The van der Waals surface area contributed by atoms with E-state index in [0.717, 1.165) is 25.7 Å². The van der Waals surface area contributed by atoms with Crippen LogP contribution in [0.15, 0.2) is 16.6 Å². The van der Waals surface area contributed by atoms with E-state index in [1.807, 2.05) is 0 Å². The Morgan fingerprint density at radius 1 is 1.29 bits per heavy atom. The van der Waals surface area contributed by atoms with Crippen molar-refractivity contribution in [2.24, 2.45) is 0 Å². The molecule has 1 saturated carbocycles. The van der Waals surface area contributed by atoms with Gasteiger partial charge in [0.2, 0.25) is 0 Å². The molecule has 1 aromatic carbocycles. The minimum absolute atomic E-state index is 0.162. The van der Waals surface area contributed by atoms with Crippen molar-refractivity contribution in [2.45, 2.75) is 38.0 Å². The fourth-order valence-corrected chi connectivity index (χ4v) is 2.93. The van der Waals surface area contributed by atoms with Crippen LogP contribution in [0.4, 0.5) is 5.69 Å². The van der Waals surface area contributed by atoms with E-state index < -0.39 is 4.92 Å². The van der Waals surface area contributed by atoms with Crippen LogP contribution in [0.5, 0.6) is 5.75 Å². The Bertz CT molecular complexity index is 442. The van der Waals surface area contributed by atoms with Crippen molar-refractivity contribution >= 4 is 21.6 Å². The van der Waals surface area contributed by atoms with Crippen LogP contribution in [-0.4, -0.2) is 10.0 Å². The van der Waals surface area contributed by atoms with Gasteiger partial charge in [-0.1, -0.05) is 35.2 Å². The Kier molecular flexibility index (Phi) is 3.66. The van der Waals surface area contributed by atoms with Crippen LogP contribution in [0.2, 0.25) is 0 Å². The van der Waals surface area contributed by atoms with Crippen molar-refractivity contribution in [1.82, 2.24) is 0 Å². The molecule has 0 unspecified atom stereocenters. The van der Waals surface area contributed by atoms with Gasteiger partial charge in [0.1, 0.15) is 0 Å². The summed E-state index contributed by atoms with van der Waals surface area (Å²) in [5.41, 5.74) is 0.505. The summed E-state index contributed by atoms with van der Waals surface area (Å²) in [5.74, 6) is 0.0880. The summed E-state index contributed by atoms with van der Waals surface area (Å²) in [5, 5.41) is 20.8. The number of hydrogen-bond donors (Lipinski definition) is 1. The predicted molar refractivity (Wildman–Crippen MR) is 68.3 cm³/mol. The van der Waals surface area contributed by atoms with E-state index in [1.54, 1.807) is 6.07 Å². The third-order valence-electron chi connectivity index (χ3n) is 3.33. The van der Waals surface area contributed by atoms with Crippen LogP contribution in [0, 0.1) is 10.1 Å². The molecule has 0 saturated heterocycles. The summed E-state index contributed by atoms with van der Waals surface area (Å²) in [6, 6.07) is 3.15. The van der Waals surface area contributed by atoms with E-state index in [1.165, 1.54) is 12.5 Å². The summed E-state index contributed by atoms with van der Waals surface area (Å²) in [7, 11) is 0. The van der Waals surface area contributed by atoms with Gasteiger partial charge in [-0.05, 0) is 24.8 Å². The molecule has 1 aliphatic carbocycles. The maximum atomic E-state index is 10.8. The van der Waals surface area contributed by atoms with E-state index in [4.69, 9.17) is 0 Å². The topological polar surface area (TPSA) is 63.4 Å². The van der Waals surface area contributed by atoms with Gasteiger partial charge in [-0.15, -0.1) is 0 Å². The van der Waals surface area contributed by atoms with Crippen molar-refractivity contribution < 1.29 is 10.0 Å². The van der Waals surface area contributed by atoms with E-state index in [2.05, 4.69) is 15.9 Å². The van der Waals surface area contributed by atoms with Crippen molar-refractivity contribution in [3.63, 3.8) is 0 Å². The second kappa shape index (κ2) is 5.04. The summed E-state index contributed by atoms with van der Waals surface area (Å²) >= 11 is 3.27. The monoisotopic (exact) mass is 299 g/mol. The maximum Gasteiger partial charge on any atom is 0.312 e. The maximum absolute atomic E-state index is 10.8. The van der Waals surface area contributed by atoms with Gasteiger partial charge in [-0.3, -0.25) is 10.1 Å². The molecule has 1 fully saturated rings. The molecule has 0 spiro atoms. The third-order valence-corrected chi connectivity index (χ3v) is 3.78. The van der Waals surface area contributed by atoms with Crippen molar-refractivity contribution in [1.29, 1.82) is 0 Å². The zero-order chi connectivity index (χ0) is 12.4. The first-order valence-electron chi connectivity index (χ1n) is 5.76.